The molecule has 68 valence electrons. The van der Waals surface area contributed by atoms with Crippen LogP contribution in [-0.4, -0.2) is 28.2 Å². The van der Waals surface area contributed by atoms with E-state index in [1.54, 1.807) is 6.55 Å². The van der Waals surface area contributed by atoms with Gasteiger partial charge < -0.3 is 13.7 Å². The average molecular weight is 194 g/mol. The summed E-state index contributed by atoms with van der Waals surface area (Å²) in [6, 6.07) is 0.783. The number of hydrogen-bond donors (Lipinski definition) is 2. The van der Waals surface area contributed by atoms with Crippen LogP contribution in [0.5, 0.6) is 0 Å². The molecule has 0 saturated carbocycles. The zero-order valence-corrected chi connectivity index (χ0v) is 9.60. The zero-order chi connectivity index (χ0) is 8.69. The first-order chi connectivity index (χ1) is 5.16. The molecule has 0 bridgehead atoms. The van der Waals surface area contributed by atoms with E-state index in [2.05, 4.69) is 6.92 Å². The molecule has 0 rings (SSSR count). The third-order valence-electron chi connectivity index (χ3n) is 1.41. The van der Waals surface area contributed by atoms with Crippen molar-refractivity contribution in [2.75, 3.05) is 0 Å². The van der Waals surface area contributed by atoms with Crippen molar-refractivity contribution in [3.8, 4) is 0 Å². The smallest absolute Gasteiger partial charge is 0.309 e. The van der Waals surface area contributed by atoms with Gasteiger partial charge in [-0.05, 0) is 12.6 Å². The van der Waals surface area contributed by atoms with Crippen molar-refractivity contribution in [2.45, 2.75) is 38.8 Å². The minimum absolute atomic E-state index is 0.783. The quantitative estimate of drug-likeness (QED) is 0.471. The van der Waals surface area contributed by atoms with Crippen LogP contribution in [0, 0.1) is 0 Å². The lowest BCUT2D eigenvalue weighted by molar-refractivity contribution is 0.358. The molecule has 0 aromatic carbocycles. The second kappa shape index (κ2) is 6.99. The molecule has 0 aliphatic heterocycles. The Morgan fingerprint density at radius 2 is 1.91 bits per heavy atom. The third kappa shape index (κ3) is 8.22. The fourth-order valence-electron chi connectivity index (χ4n) is 0.864. The molecule has 0 spiro atoms. The van der Waals surface area contributed by atoms with Crippen LogP contribution in [-0.2, 0) is 4.12 Å². The predicted molar refractivity (Wildman–Crippen MR) is 50.0 cm³/mol. The summed E-state index contributed by atoms with van der Waals surface area (Å²) < 4.78 is 4.99. The van der Waals surface area contributed by atoms with E-state index in [9.17, 15) is 4.80 Å². The van der Waals surface area contributed by atoms with Crippen LogP contribution >= 0.6 is 0 Å². The topological polar surface area (TPSA) is 49.7 Å². The molecule has 0 aliphatic rings. The SMILES string of the molecule is CCCCC[SiH](O)O[SiH](C)O. The van der Waals surface area contributed by atoms with Crippen LogP contribution in [0.2, 0.25) is 12.6 Å². The lowest BCUT2D eigenvalue weighted by Crippen LogP contribution is -2.26. The Labute approximate surface area is 71.7 Å². The highest BCUT2D eigenvalue weighted by Crippen LogP contribution is 2.03. The summed E-state index contributed by atoms with van der Waals surface area (Å²) in [4.78, 5) is 18.1. The van der Waals surface area contributed by atoms with E-state index in [0.29, 0.717) is 0 Å². The lowest BCUT2D eigenvalue weighted by Gasteiger charge is -2.10. The Morgan fingerprint density at radius 3 is 2.36 bits per heavy atom. The Morgan fingerprint density at radius 1 is 1.27 bits per heavy atom. The van der Waals surface area contributed by atoms with Gasteiger partial charge in [0.25, 0.3) is 0 Å². The van der Waals surface area contributed by atoms with Crippen molar-refractivity contribution in [2.24, 2.45) is 0 Å². The van der Waals surface area contributed by atoms with E-state index in [1.807, 2.05) is 0 Å². The minimum Gasteiger partial charge on any atom is -0.419 e. The van der Waals surface area contributed by atoms with Gasteiger partial charge in [-0.15, -0.1) is 0 Å². The molecular formula is C6H18O3Si2. The van der Waals surface area contributed by atoms with Crippen LogP contribution < -0.4 is 0 Å². The molecule has 0 aromatic heterocycles. The summed E-state index contributed by atoms with van der Waals surface area (Å²) in [5.41, 5.74) is 0. The summed E-state index contributed by atoms with van der Waals surface area (Å²) in [5.74, 6) is 0. The van der Waals surface area contributed by atoms with Crippen LogP contribution in [0.3, 0.4) is 0 Å². The Kier molecular flexibility index (Phi) is 7.19. The van der Waals surface area contributed by atoms with Gasteiger partial charge in [0.1, 0.15) is 0 Å². The molecule has 2 unspecified atom stereocenters. The summed E-state index contributed by atoms with van der Waals surface area (Å²) in [7, 11) is -3.95. The maximum atomic E-state index is 9.24. The van der Waals surface area contributed by atoms with Gasteiger partial charge in [0, 0.05) is 0 Å². The standard InChI is InChI=1S/C6H18O3Si2/c1-3-4-5-6-11(8)9-10(2)7/h7-8,10-11H,3-6H2,1-2H3. The maximum absolute atomic E-state index is 9.24. The molecule has 0 aliphatic carbocycles. The largest absolute Gasteiger partial charge is 0.419 e. The van der Waals surface area contributed by atoms with E-state index < -0.39 is 18.6 Å². The highest BCUT2D eigenvalue weighted by atomic mass is 28.4. The molecule has 2 N–H and O–H groups in total. The number of rotatable bonds is 6. The first-order valence-corrected chi connectivity index (χ1v) is 8.13. The van der Waals surface area contributed by atoms with Crippen LogP contribution in [0.4, 0.5) is 0 Å². The highest BCUT2D eigenvalue weighted by molar-refractivity contribution is 6.56. The summed E-state index contributed by atoms with van der Waals surface area (Å²) >= 11 is 0. The van der Waals surface area contributed by atoms with Gasteiger partial charge >= 0.3 is 18.6 Å². The second-order valence-corrected chi connectivity index (χ2v) is 6.46. The highest BCUT2D eigenvalue weighted by Gasteiger charge is 2.10. The first-order valence-electron chi connectivity index (χ1n) is 4.18. The number of unbranched alkanes of at least 4 members (excludes halogenated alkanes) is 2. The van der Waals surface area contributed by atoms with E-state index in [-0.39, 0.29) is 0 Å². The lowest BCUT2D eigenvalue weighted by atomic mass is 10.3. The van der Waals surface area contributed by atoms with Crippen LogP contribution in [0.25, 0.3) is 0 Å². The van der Waals surface area contributed by atoms with Gasteiger partial charge in [-0.2, -0.15) is 0 Å². The normalized spacial score (nSPS) is 16.4. The predicted octanol–water partition coefficient (Wildman–Crippen LogP) is 0.249. The Hall–Kier alpha value is 0.314. The van der Waals surface area contributed by atoms with Gasteiger partial charge in [-0.3, -0.25) is 0 Å². The average Bonchev–Trinajstić information content (AvgIpc) is 1.86. The van der Waals surface area contributed by atoms with Crippen molar-refractivity contribution >= 4 is 18.6 Å². The van der Waals surface area contributed by atoms with Gasteiger partial charge in [-0.1, -0.05) is 26.2 Å². The van der Waals surface area contributed by atoms with Crippen molar-refractivity contribution < 1.29 is 13.7 Å². The molecule has 0 saturated heterocycles. The molecule has 2 atom stereocenters. The van der Waals surface area contributed by atoms with Crippen LogP contribution in [0.1, 0.15) is 26.2 Å². The van der Waals surface area contributed by atoms with Crippen molar-refractivity contribution in [1.82, 2.24) is 0 Å². The van der Waals surface area contributed by atoms with Crippen LogP contribution in [0.15, 0.2) is 0 Å². The molecule has 0 amide bonds. The summed E-state index contributed by atoms with van der Waals surface area (Å²) in [6.07, 6.45) is 3.34. The molecular weight excluding hydrogens is 176 g/mol. The molecule has 0 heterocycles. The Bertz CT molecular complexity index is 89.9. The second-order valence-electron chi connectivity index (χ2n) is 2.69. The van der Waals surface area contributed by atoms with E-state index in [1.165, 1.54) is 0 Å². The van der Waals surface area contributed by atoms with E-state index in [0.717, 1.165) is 25.3 Å². The van der Waals surface area contributed by atoms with E-state index in [4.69, 9.17) is 8.91 Å². The molecule has 3 nitrogen and oxygen atoms in total. The Balaban J connectivity index is 3.15. The van der Waals surface area contributed by atoms with Gasteiger partial charge in [-0.25, -0.2) is 0 Å². The van der Waals surface area contributed by atoms with E-state index >= 15 is 0 Å². The summed E-state index contributed by atoms with van der Waals surface area (Å²) in [5, 5.41) is 0. The molecule has 0 aromatic rings. The van der Waals surface area contributed by atoms with Crippen molar-refractivity contribution in [3.63, 3.8) is 0 Å². The fraction of sp³-hybridized carbons (Fsp3) is 1.00. The zero-order valence-electron chi connectivity index (χ0n) is 7.29. The first kappa shape index (κ1) is 11.3. The molecule has 11 heavy (non-hydrogen) atoms. The molecule has 0 radical (unpaired) electrons. The fourth-order valence-corrected chi connectivity index (χ4v) is 3.87. The third-order valence-corrected chi connectivity index (χ3v) is 5.14. The summed E-state index contributed by atoms with van der Waals surface area (Å²) in [6.45, 7) is 3.79. The monoisotopic (exact) mass is 194 g/mol. The molecule has 5 heteroatoms. The van der Waals surface area contributed by atoms with Crippen molar-refractivity contribution in [3.05, 3.63) is 0 Å². The van der Waals surface area contributed by atoms with Gasteiger partial charge in [0.2, 0.25) is 0 Å². The van der Waals surface area contributed by atoms with Gasteiger partial charge in [0.05, 0.1) is 0 Å². The van der Waals surface area contributed by atoms with Crippen molar-refractivity contribution in [1.29, 1.82) is 0 Å². The maximum Gasteiger partial charge on any atom is 0.309 e. The molecule has 0 fully saturated rings. The number of hydrogen-bond acceptors (Lipinski definition) is 3. The van der Waals surface area contributed by atoms with Gasteiger partial charge in [0.15, 0.2) is 0 Å². The minimum atomic E-state index is -1.98.